The van der Waals surface area contributed by atoms with Crippen LogP contribution in [0.5, 0.6) is 0 Å². The number of carbonyl (C=O) groups excluding carboxylic acids is 2. The van der Waals surface area contributed by atoms with Crippen molar-refractivity contribution in [3.05, 3.63) is 11.1 Å². The van der Waals surface area contributed by atoms with E-state index >= 15 is 0 Å². The van der Waals surface area contributed by atoms with Crippen molar-refractivity contribution in [1.29, 1.82) is 0 Å². The highest BCUT2D eigenvalue weighted by molar-refractivity contribution is 8.03. The molecule has 0 fully saturated rings. The molecule has 6 nitrogen and oxygen atoms in total. The van der Waals surface area contributed by atoms with E-state index in [9.17, 15) is 9.59 Å². The van der Waals surface area contributed by atoms with Crippen LogP contribution in [0.3, 0.4) is 0 Å². The second kappa shape index (κ2) is 12.5. The maximum Gasteiger partial charge on any atom is 0.268 e. The first kappa shape index (κ1) is 25.8. The fourth-order valence-electron chi connectivity index (χ4n) is 3.30. The number of methoxy groups -OCH3 is 1. The van der Waals surface area contributed by atoms with Crippen LogP contribution in [0, 0.1) is 11.8 Å². The molecule has 1 aliphatic rings. The lowest BCUT2D eigenvalue weighted by molar-refractivity contribution is -0.134. The van der Waals surface area contributed by atoms with Crippen molar-refractivity contribution in [3.63, 3.8) is 0 Å². The van der Waals surface area contributed by atoms with Crippen molar-refractivity contribution in [1.82, 2.24) is 15.5 Å². The van der Waals surface area contributed by atoms with Gasteiger partial charge in [0.25, 0.3) is 5.91 Å². The van der Waals surface area contributed by atoms with Crippen LogP contribution in [0.15, 0.2) is 11.1 Å². The van der Waals surface area contributed by atoms with E-state index in [1.807, 2.05) is 31.2 Å². The number of ether oxygens (including phenoxy) is 1. The van der Waals surface area contributed by atoms with Crippen LogP contribution in [-0.2, 0) is 14.3 Å². The lowest BCUT2D eigenvalue weighted by Gasteiger charge is -2.35. The zero-order valence-corrected chi connectivity index (χ0v) is 20.3. The Morgan fingerprint density at radius 1 is 1.24 bits per heavy atom. The Hall–Kier alpha value is -1.21. The first-order valence-electron chi connectivity index (χ1n) is 10.9. The Balaban J connectivity index is 2.74. The summed E-state index contributed by atoms with van der Waals surface area (Å²) >= 11 is 1.57. The Morgan fingerprint density at radius 2 is 1.90 bits per heavy atom. The molecule has 0 aliphatic carbocycles. The molecule has 0 bridgehead atoms. The van der Waals surface area contributed by atoms with E-state index in [0.29, 0.717) is 24.0 Å². The van der Waals surface area contributed by atoms with Crippen molar-refractivity contribution >= 4 is 23.6 Å². The molecule has 2 amide bonds. The molecule has 5 atom stereocenters. The average molecular weight is 428 g/mol. The van der Waals surface area contributed by atoms with Crippen molar-refractivity contribution in [2.45, 2.75) is 90.8 Å². The largest absolute Gasteiger partial charge is 0.378 e. The van der Waals surface area contributed by atoms with Gasteiger partial charge in [-0.1, -0.05) is 41.0 Å². The SMILES string of the molecule is CCC(C)NC(=O)C1=CSC(C(CC(C(C)C)N(C)C(=O)C[C@@H](C)CC)OC)N1. The molecule has 0 spiro atoms. The van der Waals surface area contributed by atoms with E-state index in [1.165, 1.54) is 0 Å². The van der Waals surface area contributed by atoms with Crippen molar-refractivity contribution in [2.75, 3.05) is 14.2 Å². The van der Waals surface area contributed by atoms with Crippen molar-refractivity contribution < 1.29 is 14.3 Å². The summed E-state index contributed by atoms with van der Waals surface area (Å²) in [4.78, 5) is 27.0. The fraction of sp³-hybridized carbons (Fsp3) is 0.818. The van der Waals surface area contributed by atoms with E-state index in [-0.39, 0.29) is 35.4 Å². The van der Waals surface area contributed by atoms with E-state index < -0.39 is 0 Å². The van der Waals surface area contributed by atoms with Gasteiger partial charge in [-0.3, -0.25) is 9.59 Å². The Labute approximate surface area is 181 Å². The van der Waals surface area contributed by atoms with Crippen LogP contribution in [0.4, 0.5) is 0 Å². The number of hydrogen-bond acceptors (Lipinski definition) is 5. The molecule has 4 unspecified atom stereocenters. The normalized spacial score (nSPS) is 20.4. The summed E-state index contributed by atoms with van der Waals surface area (Å²) in [6.45, 7) is 12.6. The van der Waals surface area contributed by atoms with Gasteiger partial charge in [0.15, 0.2) is 0 Å². The summed E-state index contributed by atoms with van der Waals surface area (Å²) < 4.78 is 5.79. The van der Waals surface area contributed by atoms with Gasteiger partial charge in [0.2, 0.25) is 5.91 Å². The third-order valence-electron chi connectivity index (χ3n) is 5.86. The molecule has 7 heteroatoms. The minimum atomic E-state index is -0.114. The highest BCUT2D eigenvalue weighted by atomic mass is 32.2. The van der Waals surface area contributed by atoms with Gasteiger partial charge in [-0.25, -0.2) is 0 Å². The van der Waals surface area contributed by atoms with Gasteiger partial charge in [0, 0.05) is 38.1 Å². The third kappa shape index (κ3) is 7.85. The topological polar surface area (TPSA) is 70.7 Å². The second-order valence-corrected chi connectivity index (χ2v) is 9.57. The van der Waals surface area contributed by atoms with Crippen LogP contribution >= 0.6 is 11.8 Å². The molecule has 0 saturated carbocycles. The molecular formula is C22H41N3O3S. The van der Waals surface area contributed by atoms with E-state index in [4.69, 9.17) is 4.74 Å². The van der Waals surface area contributed by atoms with E-state index in [1.54, 1.807) is 18.9 Å². The number of rotatable bonds is 12. The molecular weight excluding hydrogens is 386 g/mol. The summed E-state index contributed by atoms with van der Waals surface area (Å²) in [5, 5.41) is 8.12. The number of hydrogen-bond donors (Lipinski definition) is 2. The molecule has 0 aromatic rings. The number of nitrogens with zero attached hydrogens (tertiary/aromatic N) is 1. The van der Waals surface area contributed by atoms with Crippen molar-refractivity contribution in [2.24, 2.45) is 11.8 Å². The van der Waals surface area contributed by atoms with Crippen molar-refractivity contribution in [3.8, 4) is 0 Å². The van der Waals surface area contributed by atoms with Crippen LogP contribution in [0.25, 0.3) is 0 Å². The van der Waals surface area contributed by atoms with E-state index in [0.717, 1.165) is 19.3 Å². The lowest BCUT2D eigenvalue weighted by Crippen LogP contribution is -2.47. The first-order valence-corrected chi connectivity index (χ1v) is 11.8. The molecule has 29 heavy (non-hydrogen) atoms. The van der Waals surface area contributed by atoms with Gasteiger partial charge in [-0.2, -0.15) is 0 Å². The van der Waals surface area contributed by atoms with Gasteiger partial charge in [-0.15, -0.1) is 11.8 Å². The molecule has 0 aromatic carbocycles. The quantitative estimate of drug-likeness (QED) is 0.497. The first-order chi connectivity index (χ1) is 13.6. The zero-order valence-electron chi connectivity index (χ0n) is 19.5. The summed E-state index contributed by atoms with van der Waals surface area (Å²) in [6.07, 6.45) is 3.07. The molecule has 2 N–H and O–H groups in total. The average Bonchev–Trinajstić information content (AvgIpc) is 3.17. The summed E-state index contributed by atoms with van der Waals surface area (Å²) in [7, 11) is 3.60. The Morgan fingerprint density at radius 3 is 2.41 bits per heavy atom. The van der Waals surface area contributed by atoms with Crippen LogP contribution in [0.2, 0.25) is 0 Å². The number of amides is 2. The minimum Gasteiger partial charge on any atom is -0.378 e. The third-order valence-corrected chi connectivity index (χ3v) is 6.95. The highest BCUT2D eigenvalue weighted by Crippen LogP contribution is 2.29. The number of thioether (sulfide) groups is 1. The lowest BCUT2D eigenvalue weighted by atomic mass is 9.95. The molecule has 1 rings (SSSR count). The highest BCUT2D eigenvalue weighted by Gasteiger charge is 2.34. The van der Waals surface area contributed by atoms with Crippen LogP contribution in [-0.4, -0.2) is 54.4 Å². The minimum absolute atomic E-state index is 0.0444. The fourth-order valence-corrected chi connectivity index (χ4v) is 4.35. The Bertz CT molecular complexity index is 568. The smallest absolute Gasteiger partial charge is 0.268 e. The maximum absolute atomic E-state index is 12.7. The molecule has 0 saturated heterocycles. The summed E-state index contributed by atoms with van der Waals surface area (Å²) in [5.74, 6) is 0.807. The van der Waals surface area contributed by atoms with Crippen LogP contribution < -0.4 is 10.6 Å². The number of nitrogens with one attached hydrogen (secondary N) is 2. The molecule has 0 radical (unpaired) electrons. The number of carbonyl (C=O) groups is 2. The summed E-state index contributed by atoms with van der Waals surface area (Å²) in [6, 6.07) is 0.222. The van der Waals surface area contributed by atoms with Gasteiger partial charge in [-0.05, 0) is 31.6 Å². The summed E-state index contributed by atoms with van der Waals surface area (Å²) in [5.41, 5.74) is 0.588. The van der Waals surface area contributed by atoms with Crippen LogP contribution in [0.1, 0.15) is 67.2 Å². The molecule has 1 aliphatic heterocycles. The second-order valence-electron chi connectivity index (χ2n) is 8.56. The Kier molecular flexibility index (Phi) is 11.1. The maximum atomic E-state index is 12.7. The van der Waals surface area contributed by atoms with Gasteiger partial charge < -0.3 is 20.3 Å². The predicted molar refractivity (Wildman–Crippen MR) is 121 cm³/mol. The molecule has 1 heterocycles. The zero-order chi connectivity index (χ0) is 22.1. The van der Waals surface area contributed by atoms with Gasteiger partial charge in [0.05, 0.1) is 6.10 Å². The molecule has 0 aromatic heterocycles. The monoisotopic (exact) mass is 427 g/mol. The van der Waals surface area contributed by atoms with E-state index in [2.05, 4.69) is 38.3 Å². The standard InChI is InChI=1S/C22H41N3O3S/c1-9-15(5)11-20(26)25(7)18(14(3)4)12-19(28-8)22-24-17(13-29-22)21(27)23-16(6)10-2/h13-16,18-19,22,24H,9-12H2,1-8H3,(H,23,27)/t15-,16?,18?,19?,22?/m0/s1. The molecule has 168 valence electrons. The predicted octanol–water partition coefficient (Wildman–Crippen LogP) is 3.73. The van der Waals surface area contributed by atoms with Gasteiger partial charge >= 0.3 is 0 Å². The van der Waals surface area contributed by atoms with Gasteiger partial charge in [0.1, 0.15) is 11.1 Å².